The van der Waals surface area contributed by atoms with E-state index in [9.17, 15) is 9.90 Å². The average molecular weight is 314 g/mol. The van der Waals surface area contributed by atoms with Crippen LogP contribution in [-0.4, -0.2) is 27.6 Å². The smallest absolute Gasteiger partial charge is 0.256 e. The van der Waals surface area contributed by atoms with Gasteiger partial charge in [0.2, 0.25) is 0 Å². The lowest BCUT2D eigenvalue weighted by molar-refractivity contribution is 0.154. The Balaban J connectivity index is 1.96. The number of pyridine rings is 1. The summed E-state index contributed by atoms with van der Waals surface area (Å²) in [7, 11) is 0. The molecule has 0 aliphatic heterocycles. The fourth-order valence-electron chi connectivity index (χ4n) is 3.73. The van der Waals surface area contributed by atoms with Crippen LogP contribution in [0.2, 0.25) is 0 Å². The first-order valence-corrected chi connectivity index (χ1v) is 8.68. The molecule has 4 heteroatoms. The minimum Gasteiger partial charge on any atom is -0.507 e. The fourth-order valence-corrected chi connectivity index (χ4v) is 3.73. The number of rotatable bonds is 4. The number of nitrogens with one attached hydrogen (secondary N) is 1. The van der Waals surface area contributed by atoms with Crippen LogP contribution in [0.25, 0.3) is 10.9 Å². The van der Waals surface area contributed by atoms with Crippen molar-refractivity contribution >= 4 is 10.9 Å². The average Bonchev–Trinajstić information content (AvgIpc) is 2.57. The lowest BCUT2D eigenvalue weighted by Crippen LogP contribution is -2.37. The summed E-state index contributed by atoms with van der Waals surface area (Å²) in [4.78, 5) is 17.7. The van der Waals surface area contributed by atoms with Crippen molar-refractivity contribution in [3.05, 3.63) is 39.7 Å². The van der Waals surface area contributed by atoms with E-state index in [0.29, 0.717) is 23.7 Å². The van der Waals surface area contributed by atoms with Crippen molar-refractivity contribution in [3.8, 4) is 5.75 Å². The Morgan fingerprint density at radius 2 is 2.00 bits per heavy atom. The van der Waals surface area contributed by atoms with E-state index in [1.807, 2.05) is 25.1 Å². The topological polar surface area (TPSA) is 56.3 Å². The molecule has 0 amide bonds. The SMILES string of the molecule is CCN(Cc1c(O)c2cc(C)ccc2[nH]c1=O)C1CCCCC1. The molecule has 1 aromatic heterocycles. The van der Waals surface area contributed by atoms with Crippen LogP contribution in [0.4, 0.5) is 0 Å². The summed E-state index contributed by atoms with van der Waals surface area (Å²) in [6, 6.07) is 6.26. The zero-order chi connectivity index (χ0) is 16.4. The molecule has 1 aliphatic carbocycles. The Hall–Kier alpha value is -1.81. The van der Waals surface area contributed by atoms with Gasteiger partial charge >= 0.3 is 0 Å². The molecule has 2 aromatic rings. The Kier molecular flexibility index (Phi) is 4.71. The van der Waals surface area contributed by atoms with Crippen molar-refractivity contribution in [1.82, 2.24) is 9.88 Å². The zero-order valence-corrected chi connectivity index (χ0v) is 14.1. The van der Waals surface area contributed by atoms with E-state index in [0.717, 1.165) is 17.5 Å². The highest BCUT2D eigenvalue weighted by atomic mass is 16.3. The van der Waals surface area contributed by atoms with Crippen LogP contribution in [0, 0.1) is 6.92 Å². The van der Waals surface area contributed by atoms with Gasteiger partial charge in [-0.15, -0.1) is 0 Å². The Morgan fingerprint density at radius 3 is 2.70 bits per heavy atom. The lowest BCUT2D eigenvalue weighted by atomic mass is 9.94. The maximum atomic E-state index is 12.4. The van der Waals surface area contributed by atoms with Gasteiger partial charge < -0.3 is 10.1 Å². The number of aromatic amines is 1. The molecule has 2 N–H and O–H groups in total. The fraction of sp³-hybridized carbons (Fsp3) is 0.526. The molecule has 0 bridgehead atoms. The highest BCUT2D eigenvalue weighted by Crippen LogP contribution is 2.29. The van der Waals surface area contributed by atoms with Gasteiger partial charge in [0.05, 0.1) is 11.1 Å². The number of nitrogens with zero attached hydrogens (tertiary/aromatic N) is 1. The van der Waals surface area contributed by atoms with Crippen LogP contribution >= 0.6 is 0 Å². The zero-order valence-electron chi connectivity index (χ0n) is 14.1. The number of hydrogen-bond acceptors (Lipinski definition) is 3. The van der Waals surface area contributed by atoms with Gasteiger partial charge in [0.15, 0.2) is 0 Å². The number of benzene rings is 1. The molecular formula is C19H26N2O2. The van der Waals surface area contributed by atoms with Gasteiger partial charge in [-0.05, 0) is 38.4 Å². The summed E-state index contributed by atoms with van der Waals surface area (Å²) in [5.74, 6) is 0.140. The van der Waals surface area contributed by atoms with E-state index in [4.69, 9.17) is 0 Å². The molecule has 1 aromatic carbocycles. The maximum absolute atomic E-state index is 12.4. The van der Waals surface area contributed by atoms with Crippen molar-refractivity contribution < 1.29 is 5.11 Å². The molecule has 1 saturated carbocycles. The summed E-state index contributed by atoms with van der Waals surface area (Å²) in [5.41, 5.74) is 2.09. The van der Waals surface area contributed by atoms with Crippen molar-refractivity contribution in [3.63, 3.8) is 0 Å². The molecule has 1 fully saturated rings. The standard InChI is InChI=1S/C19H26N2O2/c1-3-21(14-7-5-4-6-8-14)12-16-18(22)15-11-13(2)9-10-17(15)20-19(16)23/h9-11,14H,3-8,12H2,1-2H3,(H2,20,22,23). The molecule has 3 rings (SSSR count). The van der Waals surface area contributed by atoms with Crippen molar-refractivity contribution in [2.75, 3.05) is 6.54 Å². The van der Waals surface area contributed by atoms with E-state index in [1.165, 1.54) is 32.1 Å². The number of fused-ring (bicyclic) bond motifs is 1. The lowest BCUT2D eigenvalue weighted by Gasteiger charge is -2.33. The van der Waals surface area contributed by atoms with Crippen molar-refractivity contribution in [2.24, 2.45) is 0 Å². The van der Waals surface area contributed by atoms with Crippen molar-refractivity contribution in [2.45, 2.75) is 58.5 Å². The van der Waals surface area contributed by atoms with Crippen LogP contribution < -0.4 is 5.56 Å². The highest BCUT2D eigenvalue weighted by Gasteiger charge is 2.22. The molecule has 0 spiro atoms. The summed E-state index contributed by atoms with van der Waals surface area (Å²) in [5, 5.41) is 11.4. The van der Waals surface area contributed by atoms with Crippen LogP contribution in [0.1, 0.15) is 50.2 Å². The Bertz CT molecular complexity index is 745. The predicted molar refractivity (Wildman–Crippen MR) is 93.9 cm³/mol. The van der Waals surface area contributed by atoms with Gasteiger partial charge in [-0.3, -0.25) is 9.69 Å². The summed E-state index contributed by atoms with van der Waals surface area (Å²) in [6.07, 6.45) is 6.23. The number of aromatic hydroxyl groups is 1. The van der Waals surface area contributed by atoms with Gasteiger partial charge in [0.1, 0.15) is 5.75 Å². The molecular weight excluding hydrogens is 288 g/mol. The van der Waals surface area contributed by atoms with E-state index in [1.54, 1.807) is 0 Å². The van der Waals surface area contributed by atoms with E-state index in [2.05, 4.69) is 16.8 Å². The van der Waals surface area contributed by atoms with Crippen molar-refractivity contribution in [1.29, 1.82) is 0 Å². The second-order valence-corrected chi connectivity index (χ2v) is 6.69. The molecule has 1 heterocycles. The molecule has 0 saturated heterocycles. The third kappa shape index (κ3) is 3.27. The highest BCUT2D eigenvalue weighted by molar-refractivity contribution is 5.86. The second-order valence-electron chi connectivity index (χ2n) is 6.69. The number of aryl methyl sites for hydroxylation is 1. The largest absolute Gasteiger partial charge is 0.507 e. The van der Waals surface area contributed by atoms with Gasteiger partial charge in [0.25, 0.3) is 5.56 Å². The molecule has 4 nitrogen and oxygen atoms in total. The number of hydrogen-bond donors (Lipinski definition) is 2. The van der Waals surface area contributed by atoms with Crippen LogP contribution in [0.15, 0.2) is 23.0 Å². The van der Waals surface area contributed by atoms with Gasteiger partial charge in [-0.25, -0.2) is 0 Å². The molecule has 0 unspecified atom stereocenters. The molecule has 1 aliphatic rings. The van der Waals surface area contributed by atoms with Crippen LogP contribution in [0.5, 0.6) is 5.75 Å². The quantitative estimate of drug-likeness (QED) is 0.905. The van der Waals surface area contributed by atoms with Crippen LogP contribution in [0.3, 0.4) is 0 Å². The summed E-state index contributed by atoms with van der Waals surface area (Å²) < 4.78 is 0. The third-order valence-electron chi connectivity index (χ3n) is 5.10. The molecule has 124 valence electrons. The normalized spacial score (nSPS) is 16.3. The van der Waals surface area contributed by atoms with E-state index in [-0.39, 0.29) is 11.3 Å². The first kappa shape index (κ1) is 16.1. The van der Waals surface area contributed by atoms with Gasteiger partial charge in [0, 0.05) is 18.0 Å². The maximum Gasteiger partial charge on any atom is 0.256 e. The first-order chi connectivity index (χ1) is 11.1. The van der Waals surface area contributed by atoms with E-state index < -0.39 is 0 Å². The third-order valence-corrected chi connectivity index (χ3v) is 5.10. The molecule has 23 heavy (non-hydrogen) atoms. The number of aromatic nitrogens is 1. The monoisotopic (exact) mass is 314 g/mol. The second kappa shape index (κ2) is 6.75. The van der Waals surface area contributed by atoms with Gasteiger partial charge in [-0.1, -0.05) is 37.8 Å². The summed E-state index contributed by atoms with van der Waals surface area (Å²) >= 11 is 0. The Morgan fingerprint density at radius 1 is 1.26 bits per heavy atom. The first-order valence-electron chi connectivity index (χ1n) is 8.68. The minimum absolute atomic E-state index is 0.140. The summed E-state index contributed by atoms with van der Waals surface area (Å²) in [6.45, 7) is 5.54. The van der Waals surface area contributed by atoms with Gasteiger partial charge in [-0.2, -0.15) is 0 Å². The molecule has 0 radical (unpaired) electrons. The number of H-pyrrole nitrogens is 1. The Labute approximate surface area is 137 Å². The predicted octanol–water partition coefficient (Wildman–Crippen LogP) is 3.70. The van der Waals surface area contributed by atoms with Crippen LogP contribution in [-0.2, 0) is 6.54 Å². The van der Waals surface area contributed by atoms with E-state index >= 15 is 0 Å². The minimum atomic E-state index is -0.173. The molecule has 0 atom stereocenters.